The lowest BCUT2D eigenvalue weighted by Crippen LogP contribution is -2.14. The van der Waals surface area contributed by atoms with E-state index in [1.54, 1.807) is 6.07 Å². The third kappa shape index (κ3) is 2.85. The molecule has 0 saturated heterocycles. The van der Waals surface area contributed by atoms with Crippen LogP contribution in [0.5, 0.6) is 0 Å². The molecule has 0 unspecified atom stereocenters. The fraction of sp³-hybridized carbons (Fsp3) is 0.273. The molecule has 17 heavy (non-hydrogen) atoms. The molecule has 5 N–H and O–H groups in total. The molecule has 0 spiro atoms. The molecule has 92 valence electrons. The van der Waals surface area contributed by atoms with Crippen LogP contribution in [0.25, 0.3) is 10.9 Å². The summed E-state index contributed by atoms with van der Waals surface area (Å²) in [5, 5.41) is 6.04. The molecule has 1 heterocycles. The number of benzene rings is 1. The Hall–Kier alpha value is -1.37. The van der Waals surface area contributed by atoms with Gasteiger partial charge in [0.05, 0.1) is 5.75 Å². The molecule has 1 aromatic heterocycles. The Labute approximate surface area is 99.9 Å². The first-order valence-corrected chi connectivity index (χ1v) is 7.00. The van der Waals surface area contributed by atoms with Crippen LogP contribution in [-0.2, 0) is 22.2 Å². The van der Waals surface area contributed by atoms with Crippen molar-refractivity contribution >= 4 is 20.9 Å². The number of aromatic nitrogens is 1. The van der Waals surface area contributed by atoms with Crippen LogP contribution in [0.15, 0.2) is 24.4 Å². The third-order valence-electron chi connectivity index (χ3n) is 2.61. The van der Waals surface area contributed by atoms with E-state index in [0.29, 0.717) is 12.1 Å². The molecule has 0 aliphatic carbocycles. The van der Waals surface area contributed by atoms with Gasteiger partial charge in [-0.1, -0.05) is 6.07 Å². The Morgan fingerprint density at radius 1 is 1.29 bits per heavy atom. The van der Waals surface area contributed by atoms with Crippen LogP contribution in [0.2, 0.25) is 0 Å². The Morgan fingerprint density at radius 2 is 2.06 bits per heavy atom. The summed E-state index contributed by atoms with van der Waals surface area (Å²) < 4.78 is 22.1. The van der Waals surface area contributed by atoms with Gasteiger partial charge in [0.15, 0.2) is 0 Å². The Kier molecular flexibility index (Phi) is 3.19. The van der Waals surface area contributed by atoms with Crippen molar-refractivity contribution in [3.63, 3.8) is 0 Å². The standard InChI is InChI=1S/C11H15N3O2S/c12-4-3-9-6-14-11-2-1-8(5-10(9)11)7-17(13,15)16/h1-2,5-6,14H,3-4,7,12H2,(H2,13,15,16). The fourth-order valence-corrected chi connectivity index (χ4v) is 2.55. The van der Waals surface area contributed by atoms with E-state index in [4.69, 9.17) is 10.9 Å². The molecule has 5 nitrogen and oxygen atoms in total. The highest BCUT2D eigenvalue weighted by Crippen LogP contribution is 2.20. The number of H-pyrrole nitrogens is 1. The molecule has 6 heteroatoms. The number of nitrogens with one attached hydrogen (secondary N) is 1. The summed E-state index contributed by atoms with van der Waals surface area (Å²) in [7, 11) is -3.49. The van der Waals surface area contributed by atoms with E-state index >= 15 is 0 Å². The number of sulfonamides is 1. The highest BCUT2D eigenvalue weighted by Gasteiger charge is 2.08. The van der Waals surface area contributed by atoms with E-state index in [2.05, 4.69) is 4.98 Å². The minimum atomic E-state index is -3.49. The van der Waals surface area contributed by atoms with Crippen molar-refractivity contribution in [1.29, 1.82) is 0 Å². The van der Waals surface area contributed by atoms with E-state index in [1.165, 1.54) is 0 Å². The fourth-order valence-electron chi connectivity index (χ4n) is 1.91. The monoisotopic (exact) mass is 253 g/mol. The molecule has 0 radical (unpaired) electrons. The normalized spacial score (nSPS) is 12.1. The van der Waals surface area contributed by atoms with Crippen LogP contribution in [0.3, 0.4) is 0 Å². The zero-order valence-electron chi connectivity index (χ0n) is 9.31. The summed E-state index contributed by atoms with van der Waals surface area (Å²) in [5.74, 6) is -0.143. The number of rotatable bonds is 4. The maximum Gasteiger partial charge on any atom is 0.213 e. The molecular weight excluding hydrogens is 238 g/mol. The maximum absolute atomic E-state index is 11.0. The summed E-state index contributed by atoms with van der Waals surface area (Å²) in [4.78, 5) is 3.13. The van der Waals surface area contributed by atoms with Crippen LogP contribution < -0.4 is 10.9 Å². The smallest absolute Gasteiger partial charge is 0.213 e. The van der Waals surface area contributed by atoms with Gasteiger partial charge in [-0.15, -0.1) is 0 Å². The molecule has 0 saturated carbocycles. The van der Waals surface area contributed by atoms with Crippen LogP contribution in [0, 0.1) is 0 Å². The summed E-state index contributed by atoms with van der Waals surface area (Å²) in [6, 6.07) is 5.46. The number of hydrogen-bond donors (Lipinski definition) is 3. The minimum Gasteiger partial charge on any atom is -0.361 e. The van der Waals surface area contributed by atoms with Gasteiger partial charge in [0.1, 0.15) is 0 Å². The summed E-state index contributed by atoms with van der Waals surface area (Å²) >= 11 is 0. The van der Waals surface area contributed by atoms with Gasteiger partial charge >= 0.3 is 0 Å². The molecule has 0 atom stereocenters. The first-order valence-electron chi connectivity index (χ1n) is 5.29. The first-order chi connectivity index (χ1) is 7.99. The van der Waals surface area contributed by atoms with E-state index in [0.717, 1.165) is 22.9 Å². The maximum atomic E-state index is 11.0. The second-order valence-electron chi connectivity index (χ2n) is 4.04. The van der Waals surface area contributed by atoms with Crippen molar-refractivity contribution < 1.29 is 8.42 Å². The Bertz CT molecular complexity index is 631. The van der Waals surface area contributed by atoms with Crippen LogP contribution >= 0.6 is 0 Å². The number of hydrogen-bond acceptors (Lipinski definition) is 3. The van der Waals surface area contributed by atoms with Gasteiger partial charge < -0.3 is 10.7 Å². The largest absolute Gasteiger partial charge is 0.361 e. The Balaban J connectivity index is 2.44. The van der Waals surface area contributed by atoms with Gasteiger partial charge in [-0.3, -0.25) is 0 Å². The van der Waals surface area contributed by atoms with Gasteiger partial charge in [-0.2, -0.15) is 0 Å². The van der Waals surface area contributed by atoms with Crippen LogP contribution in [-0.4, -0.2) is 19.9 Å². The van der Waals surface area contributed by atoms with Gasteiger partial charge in [0.2, 0.25) is 10.0 Å². The lowest BCUT2D eigenvalue weighted by molar-refractivity contribution is 0.597. The van der Waals surface area contributed by atoms with Crippen molar-refractivity contribution in [3.8, 4) is 0 Å². The van der Waals surface area contributed by atoms with Crippen molar-refractivity contribution in [3.05, 3.63) is 35.5 Å². The topological polar surface area (TPSA) is 102 Å². The Morgan fingerprint density at radius 3 is 2.71 bits per heavy atom. The molecule has 0 aliphatic rings. The second kappa shape index (κ2) is 4.48. The zero-order valence-corrected chi connectivity index (χ0v) is 10.1. The van der Waals surface area contributed by atoms with Crippen LogP contribution in [0.1, 0.15) is 11.1 Å². The van der Waals surface area contributed by atoms with Gasteiger partial charge in [0, 0.05) is 17.1 Å². The summed E-state index contributed by atoms with van der Waals surface area (Å²) in [6.07, 6.45) is 2.66. The molecule has 0 amide bonds. The predicted molar refractivity (Wildman–Crippen MR) is 67.9 cm³/mol. The SMILES string of the molecule is NCCc1c[nH]c2ccc(CS(N)(=O)=O)cc12. The second-order valence-corrected chi connectivity index (χ2v) is 5.65. The minimum absolute atomic E-state index is 0.143. The highest BCUT2D eigenvalue weighted by atomic mass is 32.2. The van der Waals surface area contributed by atoms with Crippen molar-refractivity contribution in [2.75, 3.05) is 6.54 Å². The van der Waals surface area contributed by atoms with Crippen molar-refractivity contribution in [2.45, 2.75) is 12.2 Å². The quantitative estimate of drug-likeness (QED) is 0.737. The van der Waals surface area contributed by atoms with Crippen molar-refractivity contribution in [2.24, 2.45) is 10.9 Å². The molecule has 2 aromatic rings. The average molecular weight is 253 g/mol. The van der Waals surface area contributed by atoms with E-state index in [-0.39, 0.29) is 5.75 Å². The van der Waals surface area contributed by atoms with E-state index in [1.807, 2.05) is 18.3 Å². The van der Waals surface area contributed by atoms with Gasteiger partial charge in [0.25, 0.3) is 0 Å². The summed E-state index contributed by atoms with van der Waals surface area (Å²) in [6.45, 7) is 0.562. The lowest BCUT2D eigenvalue weighted by Gasteiger charge is -2.01. The van der Waals surface area contributed by atoms with Crippen LogP contribution in [0.4, 0.5) is 0 Å². The van der Waals surface area contributed by atoms with E-state index in [9.17, 15) is 8.42 Å². The number of nitrogens with two attached hydrogens (primary N) is 2. The molecular formula is C11H15N3O2S. The third-order valence-corrected chi connectivity index (χ3v) is 3.35. The number of primary sulfonamides is 1. The highest BCUT2D eigenvalue weighted by molar-refractivity contribution is 7.88. The van der Waals surface area contributed by atoms with Gasteiger partial charge in [-0.25, -0.2) is 13.6 Å². The summed E-state index contributed by atoms with van der Waals surface area (Å²) in [5.41, 5.74) is 8.29. The first kappa shape index (κ1) is 12.1. The number of aromatic amines is 1. The van der Waals surface area contributed by atoms with Crippen molar-refractivity contribution in [1.82, 2.24) is 4.98 Å². The molecule has 0 fully saturated rings. The molecule has 0 aliphatic heterocycles. The molecule has 1 aromatic carbocycles. The predicted octanol–water partition coefficient (Wildman–Crippen LogP) is 0.458. The lowest BCUT2D eigenvalue weighted by atomic mass is 10.1. The zero-order chi connectivity index (χ0) is 12.5. The van der Waals surface area contributed by atoms with Gasteiger partial charge in [-0.05, 0) is 36.2 Å². The molecule has 0 bridgehead atoms. The number of fused-ring (bicyclic) bond motifs is 1. The molecule has 2 rings (SSSR count). The van der Waals surface area contributed by atoms with E-state index < -0.39 is 10.0 Å². The average Bonchev–Trinajstić information content (AvgIpc) is 2.59.